The van der Waals surface area contributed by atoms with Gasteiger partial charge in [0.25, 0.3) is 11.8 Å². The van der Waals surface area contributed by atoms with E-state index in [0.29, 0.717) is 45.7 Å². The van der Waals surface area contributed by atoms with Crippen molar-refractivity contribution in [1.82, 2.24) is 20.1 Å². The molecular weight excluding hydrogens is 741 g/mol. The Morgan fingerprint density at radius 3 is 2.40 bits per heavy atom. The van der Waals surface area contributed by atoms with E-state index in [9.17, 15) is 14.4 Å². The molecule has 2 aliphatic rings. The number of rotatable bonds is 13. The van der Waals surface area contributed by atoms with E-state index in [1.807, 2.05) is 19.9 Å². The summed E-state index contributed by atoms with van der Waals surface area (Å²) in [6, 6.07) is 10.1. The number of amides is 3. The van der Waals surface area contributed by atoms with E-state index in [-0.39, 0.29) is 33.5 Å². The number of benzene rings is 2. The van der Waals surface area contributed by atoms with Gasteiger partial charge in [-0.1, -0.05) is 85.2 Å². The largest absolute Gasteiger partial charge is 0.481 e. The molecule has 0 fully saturated rings. The molecule has 11 heteroatoms. The normalized spacial score (nSPS) is 15.8. The molecule has 0 radical (unpaired) electrons. The van der Waals surface area contributed by atoms with Crippen molar-refractivity contribution in [2.45, 2.75) is 112 Å². The fourth-order valence-corrected chi connectivity index (χ4v) is 7.70. The lowest BCUT2D eigenvalue weighted by Gasteiger charge is -2.34. The van der Waals surface area contributed by atoms with Crippen LogP contribution in [-0.2, 0) is 20.8 Å². The zero-order valence-electron chi connectivity index (χ0n) is 35.7. The van der Waals surface area contributed by atoms with E-state index in [1.165, 1.54) is 30.0 Å². The summed E-state index contributed by atoms with van der Waals surface area (Å²) in [6.07, 6.45) is 8.95. The first-order chi connectivity index (χ1) is 26.9. The van der Waals surface area contributed by atoms with Gasteiger partial charge in [-0.15, -0.1) is 0 Å². The Kier molecular flexibility index (Phi) is 15.1. The third kappa shape index (κ3) is 9.89. The molecule has 5 rings (SSSR count). The van der Waals surface area contributed by atoms with Crippen molar-refractivity contribution >= 4 is 35.0 Å². The Balaban J connectivity index is 0.000000359. The number of aromatic nitrogens is 1. The number of anilines is 1. The molecule has 2 N–H and O–H groups in total. The molecule has 0 saturated heterocycles. The summed E-state index contributed by atoms with van der Waals surface area (Å²) >= 11 is 6.89. The molecule has 2 atom stereocenters. The number of likely N-dealkylation sites (N-methyl/N-ethyl adjacent to an activating group) is 1. The van der Waals surface area contributed by atoms with Crippen molar-refractivity contribution in [2.75, 3.05) is 26.5 Å². The van der Waals surface area contributed by atoms with Crippen molar-refractivity contribution in [3.8, 4) is 28.3 Å². The predicted octanol–water partition coefficient (Wildman–Crippen LogP) is 10.4. The maximum Gasteiger partial charge on any atom is 0.266 e. The fraction of sp³-hybridized carbons (Fsp3) is 0.478. The van der Waals surface area contributed by atoms with Crippen LogP contribution >= 0.6 is 11.6 Å². The van der Waals surface area contributed by atoms with E-state index in [2.05, 4.69) is 51.8 Å². The maximum absolute atomic E-state index is 15.4. The average molecular weight is 802 g/mol. The van der Waals surface area contributed by atoms with Gasteiger partial charge < -0.3 is 20.3 Å². The molecule has 2 aromatic carbocycles. The Morgan fingerprint density at radius 1 is 1.11 bits per heavy atom. The van der Waals surface area contributed by atoms with Crippen LogP contribution in [0.3, 0.4) is 0 Å². The van der Waals surface area contributed by atoms with Crippen LogP contribution in [0.25, 0.3) is 22.4 Å². The molecule has 1 aliphatic heterocycles. The summed E-state index contributed by atoms with van der Waals surface area (Å²) in [5.74, 6) is 0.835. The van der Waals surface area contributed by atoms with Gasteiger partial charge >= 0.3 is 0 Å². The van der Waals surface area contributed by atoms with Crippen LogP contribution in [0.2, 0.25) is 5.02 Å². The van der Waals surface area contributed by atoms with Gasteiger partial charge in [-0.25, -0.2) is 9.37 Å². The molecule has 2 unspecified atom stereocenters. The third-order valence-corrected chi connectivity index (χ3v) is 12.2. The van der Waals surface area contributed by atoms with Gasteiger partial charge in [0.05, 0.1) is 17.8 Å². The second-order valence-corrected chi connectivity index (χ2v) is 16.2. The number of pyridine rings is 1. The van der Waals surface area contributed by atoms with Gasteiger partial charge in [0, 0.05) is 54.1 Å². The highest BCUT2D eigenvalue weighted by molar-refractivity contribution is 6.36. The molecule has 3 aromatic rings. The van der Waals surface area contributed by atoms with Crippen molar-refractivity contribution in [3.63, 3.8) is 0 Å². The van der Waals surface area contributed by atoms with E-state index in [0.717, 1.165) is 49.1 Å². The smallest absolute Gasteiger partial charge is 0.266 e. The zero-order chi connectivity index (χ0) is 42.4. The molecular formula is C46H61ClFN5O4. The first-order valence-corrected chi connectivity index (χ1v) is 20.5. The van der Waals surface area contributed by atoms with Crippen LogP contribution in [0, 0.1) is 24.6 Å². The van der Waals surface area contributed by atoms with Crippen molar-refractivity contribution < 1.29 is 23.5 Å². The third-order valence-electron chi connectivity index (χ3n) is 11.8. The number of carbonyl (C=O) groups excluding carboxylic acids is 3. The monoisotopic (exact) mass is 801 g/mol. The average Bonchev–Trinajstić information content (AvgIpc) is 3.58. The molecule has 3 amide bonds. The number of hydrogen-bond acceptors (Lipinski definition) is 6. The van der Waals surface area contributed by atoms with Crippen LogP contribution in [-0.4, -0.2) is 59.2 Å². The molecule has 0 spiro atoms. The Labute approximate surface area is 344 Å². The number of nitrogens with one attached hydrogen (secondary N) is 2. The van der Waals surface area contributed by atoms with Gasteiger partial charge in [-0.3, -0.25) is 19.3 Å². The highest BCUT2D eigenvalue weighted by atomic mass is 35.5. The van der Waals surface area contributed by atoms with Gasteiger partial charge in [0.2, 0.25) is 11.8 Å². The lowest BCUT2D eigenvalue weighted by atomic mass is 9.84. The minimum atomic E-state index is -0.583. The summed E-state index contributed by atoms with van der Waals surface area (Å²) in [5, 5.41) is 6.28. The number of aryl methyl sites for hydroxylation is 1. The van der Waals surface area contributed by atoms with Crippen molar-refractivity contribution in [3.05, 3.63) is 88.1 Å². The molecule has 2 heterocycles. The molecule has 0 saturated carbocycles. The van der Waals surface area contributed by atoms with Gasteiger partial charge in [-0.05, 0) is 98.2 Å². The molecule has 308 valence electrons. The van der Waals surface area contributed by atoms with Gasteiger partial charge in [0.15, 0.2) is 0 Å². The number of carbonyl (C=O) groups is 3. The number of methoxy groups -OCH3 is 1. The second kappa shape index (κ2) is 19.2. The highest BCUT2D eigenvalue weighted by Gasteiger charge is 2.31. The predicted molar refractivity (Wildman–Crippen MR) is 229 cm³/mol. The number of halogens is 2. The topological polar surface area (TPSA) is 104 Å². The highest BCUT2D eigenvalue weighted by Crippen LogP contribution is 2.44. The summed E-state index contributed by atoms with van der Waals surface area (Å²) in [4.78, 5) is 45.3. The van der Waals surface area contributed by atoms with Crippen LogP contribution in [0.15, 0.2) is 60.6 Å². The first kappa shape index (κ1) is 45.0. The lowest BCUT2D eigenvalue weighted by Crippen LogP contribution is -2.49. The lowest BCUT2D eigenvalue weighted by molar-refractivity contribution is -0.128. The number of hydrogen-bond donors (Lipinski definition) is 2. The zero-order valence-corrected chi connectivity index (χ0v) is 36.4. The van der Waals surface area contributed by atoms with E-state index >= 15 is 4.39 Å². The number of nitrogens with zero attached hydrogens (tertiary/aromatic N) is 3. The van der Waals surface area contributed by atoms with Crippen LogP contribution in [0.4, 0.5) is 10.1 Å². The van der Waals surface area contributed by atoms with E-state index < -0.39 is 17.6 Å². The quantitative estimate of drug-likeness (QED) is 0.167. The van der Waals surface area contributed by atoms with Gasteiger partial charge in [-0.2, -0.15) is 0 Å². The van der Waals surface area contributed by atoms with Crippen LogP contribution in [0.1, 0.15) is 110 Å². The molecule has 9 nitrogen and oxygen atoms in total. The van der Waals surface area contributed by atoms with Gasteiger partial charge in [0.1, 0.15) is 17.2 Å². The standard InChI is InChI=1S/C31H30ClFN4O3.C15H31NO/c1-16-10-11-19-14-25(35-30(40-6)26(16)19)21-12-13-23(33)27(28(21)32)20-8-7-9-24(17(20)2)34-29(38)22-15-36(4)18(3)37(5)31(22)39;1-7-13(6)10-11-15(8-2,9-3)16-14(17)12(4)5/h7-9,12-16H,3,10-11H2,1-2,4-6H3,(H,34,38);12-13H,7-11H2,1-6H3,(H,16,17). The summed E-state index contributed by atoms with van der Waals surface area (Å²) in [7, 11) is 4.85. The minimum Gasteiger partial charge on any atom is -0.481 e. The van der Waals surface area contributed by atoms with Crippen molar-refractivity contribution in [1.29, 1.82) is 0 Å². The fourth-order valence-electron chi connectivity index (χ4n) is 7.34. The van der Waals surface area contributed by atoms with E-state index in [1.54, 1.807) is 57.3 Å². The summed E-state index contributed by atoms with van der Waals surface area (Å²) in [5.41, 5.74) is 5.16. The van der Waals surface area contributed by atoms with E-state index in [4.69, 9.17) is 21.3 Å². The molecule has 57 heavy (non-hydrogen) atoms. The maximum atomic E-state index is 15.4. The number of ether oxygens (including phenoxy) is 1. The van der Waals surface area contributed by atoms with Crippen LogP contribution < -0.4 is 15.4 Å². The molecule has 1 aliphatic carbocycles. The first-order valence-electron chi connectivity index (χ1n) is 20.1. The van der Waals surface area contributed by atoms with Crippen LogP contribution in [0.5, 0.6) is 5.88 Å². The Hall–Kier alpha value is -4.70. The minimum absolute atomic E-state index is 0.0186. The SMILES string of the molecule is C=C1N(C)C=C(C(=O)Nc2cccc(-c3c(F)ccc(-c4cc5c(c(OC)n4)C(C)CC5)c3Cl)c2C)C(=O)N1C.CCC(C)CCC(CC)(CC)NC(=O)C(C)C. The summed E-state index contributed by atoms with van der Waals surface area (Å²) in [6.45, 7) is 20.6. The number of fused-ring (bicyclic) bond motifs is 1. The Bertz CT molecular complexity index is 2020. The Morgan fingerprint density at radius 2 is 1.79 bits per heavy atom. The second-order valence-electron chi connectivity index (χ2n) is 15.9. The molecule has 1 aromatic heterocycles. The summed E-state index contributed by atoms with van der Waals surface area (Å²) < 4.78 is 21.0. The molecule has 0 bridgehead atoms. The van der Waals surface area contributed by atoms with Crippen molar-refractivity contribution in [2.24, 2.45) is 11.8 Å².